The van der Waals surface area contributed by atoms with Gasteiger partial charge in [0, 0.05) is 17.5 Å². The third-order valence-corrected chi connectivity index (χ3v) is 4.90. The van der Waals surface area contributed by atoms with Crippen LogP contribution in [0.15, 0.2) is 47.8 Å². The summed E-state index contributed by atoms with van der Waals surface area (Å²) in [7, 11) is 0. The van der Waals surface area contributed by atoms with Crippen LogP contribution in [0.1, 0.15) is 21.8 Å². The summed E-state index contributed by atoms with van der Waals surface area (Å²) >= 11 is 1.42. The van der Waals surface area contributed by atoms with Crippen LogP contribution in [0.5, 0.6) is 5.75 Å². The Morgan fingerprint density at radius 2 is 1.96 bits per heavy atom. The standard InChI is InChI=1S/C20H19N3O4S/c1-13-3-7-17(8-4-13)27-11-20-21-15(12-28-20)9-19(24)22-18-10-16(23(25)26)6-5-14(18)2/h3-8,10,12H,9,11H2,1-2H3,(H,22,24). The fourth-order valence-corrected chi connectivity index (χ4v) is 3.20. The van der Waals surface area contributed by atoms with E-state index in [4.69, 9.17) is 4.74 Å². The van der Waals surface area contributed by atoms with Crippen molar-refractivity contribution >= 4 is 28.6 Å². The quantitative estimate of drug-likeness (QED) is 0.470. The summed E-state index contributed by atoms with van der Waals surface area (Å²) in [4.78, 5) is 27.1. The topological polar surface area (TPSA) is 94.4 Å². The molecule has 8 heteroatoms. The van der Waals surface area contributed by atoms with Crippen LogP contribution in [-0.4, -0.2) is 15.8 Å². The minimum absolute atomic E-state index is 0.0647. The van der Waals surface area contributed by atoms with Crippen molar-refractivity contribution in [2.45, 2.75) is 26.9 Å². The van der Waals surface area contributed by atoms with Crippen molar-refractivity contribution in [1.29, 1.82) is 0 Å². The molecule has 144 valence electrons. The number of nitrogens with one attached hydrogen (secondary N) is 1. The lowest BCUT2D eigenvalue weighted by atomic mass is 10.1. The zero-order chi connectivity index (χ0) is 20.1. The van der Waals surface area contributed by atoms with Crippen LogP contribution >= 0.6 is 11.3 Å². The zero-order valence-electron chi connectivity index (χ0n) is 15.5. The summed E-state index contributed by atoms with van der Waals surface area (Å²) in [5.74, 6) is 0.487. The molecular weight excluding hydrogens is 378 g/mol. The Kier molecular flexibility index (Phi) is 6.00. The molecule has 0 unspecified atom stereocenters. The summed E-state index contributed by atoms with van der Waals surface area (Å²) in [5, 5.41) is 16.2. The van der Waals surface area contributed by atoms with Gasteiger partial charge in [0.05, 0.1) is 22.7 Å². The Morgan fingerprint density at radius 1 is 1.21 bits per heavy atom. The third kappa shape index (κ3) is 5.14. The third-order valence-electron chi connectivity index (χ3n) is 4.03. The lowest BCUT2D eigenvalue weighted by Gasteiger charge is -2.07. The highest BCUT2D eigenvalue weighted by Gasteiger charge is 2.13. The highest BCUT2D eigenvalue weighted by molar-refractivity contribution is 7.09. The van der Waals surface area contributed by atoms with Gasteiger partial charge in [0.2, 0.25) is 5.91 Å². The highest BCUT2D eigenvalue weighted by atomic mass is 32.1. The van der Waals surface area contributed by atoms with Crippen LogP contribution in [0.4, 0.5) is 11.4 Å². The molecule has 3 rings (SSSR count). The number of benzene rings is 2. The van der Waals surface area contributed by atoms with Crippen LogP contribution in [0, 0.1) is 24.0 Å². The number of amides is 1. The van der Waals surface area contributed by atoms with Crippen molar-refractivity contribution in [2.24, 2.45) is 0 Å². The maximum Gasteiger partial charge on any atom is 0.271 e. The van der Waals surface area contributed by atoms with E-state index in [1.165, 1.54) is 23.5 Å². The number of nitro groups is 1. The number of thiazole rings is 1. The molecule has 0 spiro atoms. The van der Waals surface area contributed by atoms with E-state index in [0.29, 0.717) is 18.0 Å². The molecular formula is C20H19N3O4S. The predicted octanol–water partition coefficient (Wildman–Crippen LogP) is 4.43. The number of carbonyl (C=O) groups excluding carboxylic acids is 1. The van der Waals surface area contributed by atoms with Crippen LogP contribution in [-0.2, 0) is 17.8 Å². The molecule has 0 saturated heterocycles. The van der Waals surface area contributed by atoms with E-state index < -0.39 is 4.92 Å². The molecule has 28 heavy (non-hydrogen) atoms. The van der Waals surface area contributed by atoms with Gasteiger partial charge in [0.15, 0.2) is 0 Å². The van der Waals surface area contributed by atoms with Crippen LogP contribution < -0.4 is 10.1 Å². The lowest BCUT2D eigenvalue weighted by molar-refractivity contribution is -0.384. The molecule has 2 aromatic carbocycles. The highest BCUT2D eigenvalue weighted by Crippen LogP contribution is 2.22. The summed E-state index contributed by atoms with van der Waals surface area (Å²) in [6, 6.07) is 12.1. The Bertz CT molecular complexity index is 999. The largest absolute Gasteiger partial charge is 0.486 e. The maximum atomic E-state index is 12.3. The Labute approximate surface area is 166 Å². The van der Waals surface area contributed by atoms with Gasteiger partial charge in [-0.15, -0.1) is 11.3 Å². The number of hydrogen-bond acceptors (Lipinski definition) is 6. The molecule has 0 aliphatic carbocycles. The fourth-order valence-electron chi connectivity index (χ4n) is 2.49. The molecule has 1 N–H and O–H groups in total. The van der Waals surface area contributed by atoms with E-state index in [2.05, 4.69) is 10.3 Å². The smallest absolute Gasteiger partial charge is 0.271 e. The molecule has 0 saturated carbocycles. The number of aryl methyl sites for hydroxylation is 2. The van der Waals surface area contributed by atoms with E-state index in [9.17, 15) is 14.9 Å². The average Bonchev–Trinajstić information content (AvgIpc) is 3.10. The minimum Gasteiger partial charge on any atom is -0.486 e. The van der Waals surface area contributed by atoms with Gasteiger partial charge < -0.3 is 10.1 Å². The average molecular weight is 397 g/mol. The number of anilines is 1. The van der Waals surface area contributed by atoms with E-state index in [1.54, 1.807) is 13.0 Å². The van der Waals surface area contributed by atoms with Crippen molar-refractivity contribution in [1.82, 2.24) is 4.98 Å². The number of hydrogen-bond donors (Lipinski definition) is 1. The number of nitro benzene ring substituents is 1. The Hall–Kier alpha value is -3.26. The second kappa shape index (κ2) is 8.62. The van der Waals surface area contributed by atoms with Gasteiger partial charge >= 0.3 is 0 Å². The first kappa shape index (κ1) is 19.5. The minimum atomic E-state index is -0.490. The molecule has 0 fully saturated rings. The molecule has 0 radical (unpaired) electrons. The molecule has 7 nitrogen and oxygen atoms in total. The molecule has 0 atom stereocenters. The summed E-state index contributed by atoms with van der Waals surface area (Å²) in [6.45, 7) is 4.12. The number of rotatable bonds is 7. The van der Waals surface area contributed by atoms with Crippen LogP contribution in [0.2, 0.25) is 0 Å². The summed E-state index contributed by atoms with van der Waals surface area (Å²) < 4.78 is 5.70. The van der Waals surface area contributed by atoms with Crippen molar-refractivity contribution in [2.75, 3.05) is 5.32 Å². The van der Waals surface area contributed by atoms with Crippen LogP contribution in [0.25, 0.3) is 0 Å². The second-order valence-electron chi connectivity index (χ2n) is 6.32. The first-order valence-electron chi connectivity index (χ1n) is 8.58. The molecule has 0 aliphatic heterocycles. The second-order valence-corrected chi connectivity index (χ2v) is 7.26. The maximum absolute atomic E-state index is 12.3. The van der Waals surface area contributed by atoms with Gasteiger partial charge in [0.1, 0.15) is 17.4 Å². The first-order valence-corrected chi connectivity index (χ1v) is 9.46. The first-order chi connectivity index (χ1) is 13.4. The number of ether oxygens (including phenoxy) is 1. The van der Waals surface area contributed by atoms with Crippen LogP contribution in [0.3, 0.4) is 0 Å². The molecule has 0 aliphatic rings. The van der Waals surface area contributed by atoms with E-state index in [-0.39, 0.29) is 18.0 Å². The van der Waals surface area contributed by atoms with Gasteiger partial charge in [-0.25, -0.2) is 4.98 Å². The van der Waals surface area contributed by atoms with Crippen molar-refractivity contribution in [3.8, 4) is 5.75 Å². The van der Waals surface area contributed by atoms with Gasteiger partial charge in [-0.05, 0) is 31.5 Å². The Balaban J connectivity index is 1.57. The summed E-state index contributed by atoms with van der Waals surface area (Å²) in [5.41, 5.74) is 2.91. The zero-order valence-corrected chi connectivity index (χ0v) is 16.3. The van der Waals surface area contributed by atoms with E-state index >= 15 is 0 Å². The molecule has 1 heterocycles. The van der Waals surface area contributed by atoms with Gasteiger partial charge in [-0.3, -0.25) is 14.9 Å². The predicted molar refractivity (Wildman–Crippen MR) is 108 cm³/mol. The molecule has 0 bridgehead atoms. The number of nitrogens with zero attached hydrogens (tertiary/aromatic N) is 2. The van der Waals surface area contributed by atoms with Gasteiger partial charge in [-0.2, -0.15) is 0 Å². The monoisotopic (exact) mass is 397 g/mol. The SMILES string of the molecule is Cc1ccc(OCc2nc(CC(=O)Nc3cc([N+](=O)[O-])ccc3C)cs2)cc1. The van der Waals surface area contributed by atoms with E-state index in [0.717, 1.165) is 21.9 Å². The van der Waals surface area contributed by atoms with E-state index in [1.807, 2.05) is 36.6 Å². The number of non-ortho nitro benzene ring substituents is 1. The van der Waals surface area contributed by atoms with Gasteiger partial charge in [0.25, 0.3) is 5.69 Å². The number of carbonyl (C=O) groups is 1. The van der Waals surface area contributed by atoms with Crippen molar-refractivity contribution in [3.05, 3.63) is 79.8 Å². The van der Waals surface area contributed by atoms with Gasteiger partial charge in [-0.1, -0.05) is 23.8 Å². The molecule has 1 amide bonds. The normalized spacial score (nSPS) is 10.5. The molecule has 3 aromatic rings. The van der Waals surface area contributed by atoms with Crippen molar-refractivity contribution in [3.63, 3.8) is 0 Å². The summed E-state index contributed by atoms with van der Waals surface area (Å²) in [6.07, 6.45) is 0.0865. The fraction of sp³-hybridized carbons (Fsp3) is 0.200. The Morgan fingerprint density at radius 3 is 2.68 bits per heavy atom. The lowest BCUT2D eigenvalue weighted by Crippen LogP contribution is -2.15. The molecule has 1 aromatic heterocycles. The number of aromatic nitrogens is 1. The van der Waals surface area contributed by atoms with Crippen molar-refractivity contribution < 1.29 is 14.5 Å².